The van der Waals surface area contributed by atoms with E-state index in [4.69, 9.17) is 11.6 Å². The molecule has 0 aliphatic carbocycles. The van der Waals surface area contributed by atoms with E-state index < -0.39 is 18.9 Å². The number of nitrogens with zero attached hydrogens (tertiary/aromatic N) is 5. The van der Waals surface area contributed by atoms with Gasteiger partial charge in [0.05, 0.1) is 30.5 Å². The number of carbonyl (C=O) groups is 3. The second-order valence-electron chi connectivity index (χ2n) is 11.0. The first-order valence-electron chi connectivity index (χ1n) is 14.6. The molecule has 1 fully saturated rings. The quantitative estimate of drug-likeness (QED) is 0.239. The molecule has 9 nitrogen and oxygen atoms in total. The molecule has 1 aliphatic rings. The number of para-hydroxylation sites is 1. The van der Waals surface area contributed by atoms with Gasteiger partial charge >= 0.3 is 0 Å². The van der Waals surface area contributed by atoms with Gasteiger partial charge in [-0.2, -0.15) is 5.10 Å². The molecular weight excluding hydrogens is 609 g/mol. The molecule has 1 aliphatic heterocycles. The van der Waals surface area contributed by atoms with Gasteiger partial charge in [0, 0.05) is 68.5 Å². The molecule has 1 saturated heterocycles. The van der Waals surface area contributed by atoms with E-state index in [2.05, 4.69) is 15.1 Å². The number of aldehydes is 1. The number of halogens is 4. The number of amides is 2. The van der Waals surface area contributed by atoms with Crippen LogP contribution >= 0.6 is 11.6 Å². The van der Waals surface area contributed by atoms with Gasteiger partial charge in [0.2, 0.25) is 12.3 Å². The number of piperidine rings is 1. The molecule has 1 N–H and O–H groups in total. The number of aromatic nitrogens is 2. The predicted octanol–water partition coefficient (Wildman–Crippen LogP) is 5.30. The van der Waals surface area contributed by atoms with Gasteiger partial charge < -0.3 is 14.6 Å². The highest BCUT2D eigenvalue weighted by Gasteiger charge is 2.27. The number of carbonyl (C=O) groups excluding carboxylic acids is 3. The van der Waals surface area contributed by atoms with Gasteiger partial charge in [-0.25, -0.2) is 8.78 Å². The summed E-state index contributed by atoms with van der Waals surface area (Å²) in [5.74, 6) is -0.695. The Balaban J connectivity index is 0.00000271. The van der Waals surface area contributed by atoms with Gasteiger partial charge in [-0.05, 0) is 55.6 Å². The van der Waals surface area contributed by atoms with E-state index in [1.807, 2.05) is 43.6 Å². The van der Waals surface area contributed by atoms with Crippen molar-refractivity contribution in [3.8, 4) is 0 Å². The molecule has 3 aromatic rings. The van der Waals surface area contributed by atoms with Crippen molar-refractivity contribution in [2.75, 3.05) is 45.8 Å². The molecule has 2 amide bonds. The Morgan fingerprint density at radius 3 is 2.44 bits per heavy atom. The smallest absolute Gasteiger partial charge is 0.251 e. The average molecular weight is 649 g/mol. The van der Waals surface area contributed by atoms with Crippen LogP contribution in [0.4, 0.5) is 18.9 Å². The zero-order valence-electron chi connectivity index (χ0n) is 25.7. The van der Waals surface area contributed by atoms with Crippen LogP contribution in [0.1, 0.15) is 30.4 Å². The third-order valence-electron chi connectivity index (χ3n) is 7.90. The molecule has 1 aromatic heterocycles. The number of benzene rings is 2. The van der Waals surface area contributed by atoms with E-state index in [1.165, 1.54) is 9.80 Å². The van der Waals surface area contributed by atoms with E-state index in [1.54, 1.807) is 30.4 Å². The zero-order chi connectivity index (χ0) is 32.9. The third-order valence-corrected chi connectivity index (χ3v) is 8.20. The summed E-state index contributed by atoms with van der Waals surface area (Å²) < 4.78 is 35.5. The lowest BCUT2D eigenvalue weighted by molar-refractivity contribution is -0.134. The van der Waals surface area contributed by atoms with Crippen molar-refractivity contribution in [2.24, 2.45) is 5.92 Å². The highest BCUT2D eigenvalue weighted by Crippen LogP contribution is 2.31. The van der Waals surface area contributed by atoms with Crippen molar-refractivity contribution in [1.29, 1.82) is 0 Å². The summed E-state index contributed by atoms with van der Waals surface area (Å²) in [5.41, 5.74) is 2.86. The molecular formula is C32H40ClF3N6O3. The fourth-order valence-electron chi connectivity index (χ4n) is 5.53. The first-order chi connectivity index (χ1) is 21.7. The van der Waals surface area contributed by atoms with Crippen LogP contribution in [0, 0.1) is 5.92 Å². The molecule has 2 aromatic carbocycles. The Labute approximate surface area is 266 Å². The number of hydrogen-bond donors (Lipinski definition) is 1. The van der Waals surface area contributed by atoms with Crippen LogP contribution in [0.3, 0.4) is 0 Å². The minimum absolute atomic E-state index is 0.0443. The van der Waals surface area contributed by atoms with Crippen molar-refractivity contribution in [2.45, 2.75) is 44.7 Å². The Hall–Kier alpha value is -3.90. The molecule has 0 spiro atoms. The van der Waals surface area contributed by atoms with Crippen LogP contribution in [-0.2, 0) is 27.3 Å². The molecule has 244 valence electrons. The van der Waals surface area contributed by atoms with Crippen LogP contribution < -0.4 is 4.90 Å². The van der Waals surface area contributed by atoms with E-state index in [0.29, 0.717) is 36.2 Å². The van der Waals surface area contributed by atoms with Crippen LogP contribution in [0.25, 0.3) is 10.9 Å². The highest BCUT2D eigenvalue weighted by atomic mass is 35.5. The minimum Gasteiger partial charge on any atom is -0.376 e. The summed E-state index contributed by atoms with van der Waals surface area (Å²) in [5, 5.41) is 8.03. The topological polar surface area (TPSA) is 92.9 Å². The van der Waals surface area contributed by atoms with Gasteiger partial charge in [-0.3, -0.25) is 28.9 Å². The van der Waals surface area contributed by atoms with Gasteiger partial charge in [-0.15, -0.1) is 0 Å². The molecule has 13 heteroatoms. The third kappa shape index (κ3) is 9.79. The first kappa shape index (κ1) is 35.6. The molecule has 0 radical (unpaired) electrons. The van der Waals surface area contributed by atoms with Crippen LogP contribution in [0.2, 0.25) is 5.02 Å². The fraction of sp³-hybridized carbons (Fsp3) is 0.438. The molecule has 0 unspecified atom stereocenters. The summed E-state index contributed by atoms with van der Waals surface area (Å²) in [6.45, 7) is 0.928. The summed E-state index contributed by atoms with van der Waals surface area (Å²) in [6.07, 6.45) is 6.05. The molecule has 2 heterocycles. The summed E-state index contributed by atoms with van der Waals surface area (Å²) in [7, 11) is 4.06. The van der Waals surface area contributed by atoms with Gasteiger partial charge in [0.25, 0.3) is 6.43 Å². The van der Waals surface area contributed by atoms with Gasteiger partial charge in [0.15, 0.2) is 0 Å². The largest absolute Gasteiger partial charge is 0.376 e. The summed E-state index contributed by atoms with van der Waals surface area (Å²) >= 11 is 6.47. The SMILES string of the molecule is CF.CN(Cc1c(C[C@H](C=O)CC(=O)N2CCC(N(C)/C=C\N(C=O)c3ccccc3)CC2)cc(Cl)c2[nH]ncc12)CC(F)F. The summed E-state index contributed by atoms with van der Waals surface area (Å²) in [4.78, 5) is 43.8. The van der Waals surface area contributed by atoms with Gasteiger partial charge in [0.1, 0.15) is 6.29 Å². The lowest BCUT2D eigenvalue weighted by Gasteiger charge is -2.36. The number of aromatic amines is 1. The molecule has 4 rings (SSSR count). The lowest BCUT2D eigenvalue weighted by atomic mass is 9.91. The fourth-order valence-corrected chi connectivity index (χ4v) is 5.80. The second-order valence-corrected chi connectivity index (χ2v) is 11.4. The van der Waals surface area contributed by atoms with Crippen molar-refractivity contribution in [1.82, 2.24) is 24.9 Å². The lowest BCUT2D eigenvalue weighted by Crippen LogP contribution is -2.44. The Morgan fingerprint density at radius 2 is 1.82 bits per heavy atom. The average Bonchev–Trinajstić information content (AvgIpc) is 3.55. The Morgan fingerprint density at radius 1 is 1.13 bits per heavy atom. The van der Waals surface area contributed by atoms with Crippen LogP contribution in [-0.4, -0.2) is 96.9 Å². The zero-order valence-corrected chi connectivity index (χ0v) is 26.5. The van der Waals surface area contributed by atoms with Gasteiger partial charge in [-0.1, -0.05) is 29.8 Å². The number of fused-ring (bicyclic) bond motifs is 1. The monoisotopic (exact) mass is 648 g/mol. The molecule has 1 atom stereocenters. The molecule has 45 heavy (non-hydrogen) atoms. The first-order valence-corrected chi connectivity index (χ1v) is 15.0. The predicted molar refractivity (Wildman–Crippen MR) is 170 cm³/mol. The molecule has 0 bridgehead atoms. The van der Waals surface area contributed by atoms with E-state index in [9.17, 15) is 27.6 Å². The summed E-state index contributed by atoms with van der Waals surface area (Å²) in [6, 6.07) is 11.3. The number of H-pyrrole nitrogens is 1. The maximum atomic E-state index is 13.2. The van der Waals surface area contributed by atoms with Crippen molar-refractivity contribution in [3.05, 3.63) is 71.1 Å². The Kier molecular flexibility index (Phi) is 13.9. The number of rotatable bonds is 14. The standard InChI is InChI=1S/C31H37ClF2N6O3.CH3F/c1-37(19-29(33)34)18-27-23(16-28(32)31-26(27)17-35-36-31)14-22(20-41)15-30(43)39-10-8-24(9-11-39)38(2)12-13-40(21-42)25-6-4-3-5-7-25;1-2/h3-7,12-13,16-17,20-22,24,29H,8-11,14-15,18-19H2,1-2H3,(H,35,36);1H3/b13-12-;/t22-;/m0./s1. The minimum atomic E-state index is -2.48. The highest BCUT2D eigenvalue weighted by molar-refractivity contribution is 6.35. The second kappa shape index (κ2) is 17.6. The van der Waals surface area contributed by atoms with E-state index in [0.717, 1.165) is 42.4 Å². The maximum Gasteiger partial charge on any atom is 0.251 e. The normalized spacial score (nSPS) is 14.5. The van der Waals surface area contributed by atoms with Crippen LogP contribution in [0.5, 0.6) is 0 Å². The number of alkyl halides is 3. The van der Waals surface area contributed by atoms with Crippen molar-refractivity contribution >= 4 is 46.8 Å². The number of likely N-dealkylation sites (tertiary alicyclic amines) is 1. The van der Waals surface area contributed by atoms with Crippen LogP contribution in [0.15, 0.2) is 55.0 Å². The number of hydrogen-bond acceptors (Lipinski definition) is 6. The van der Waals surface area contributed by atoms with E-state index in [-0.39, 0.29) is 31.3 Å². The molecule has 0 saturated carbocycles. The van der Waals surface area contributed by atoms with E-state index >= 15 is 0 Å². The van der Waals surface area contributed by atoms with Crippen molar-refractivity contribution in [3.63, 3.8) is 0 Å². The Bertz CT molecular complexity index is 1420. The maximum absolute atomic E-state index is 13.2. The number of nitrogens with one attached hydrogen (secondary N) is 1. The van der Waals surface area contributed by atoms with Crippen molar-refractivity contribution < 1.29 is 27.6 Å². The number of anilines is 1.